The van der Waals surface area contributed by atoms with Gasteiger partial charge in [0, 0.05) is 42.1 Å². The summed E-state index contributed by atoms with van der Waals surface area (Å²) >= 11 is 0. The number of para-hydroxylation sites is 1. The number of nitrogens with one attached hydrogen (secondary N) is 2. The van der Waals surface area contributed by atoms with Crippen molar-refractivity contribution in [3.63, 3.8) is 0 Å². The molecule has 0 radical (unpaired) electrons. The molecule has 2 aliphatic rings. The van der Waals surface area contributed by atoms with E-state index in [0.29, 0.717) is 12.0 Å². The van der Waals surface area contributed by atoms with Crippen molar-refractivity contribution in [2.24, 2.45) is 0 Å². The van der Waals surface area contributed by atoms with Gasteiger partial charge in [0.15, 0.2) is 0 Å². The third-order valence-corrected chi connectivity index (χ3v) is 5.93. The maximum atomic E-state index is 12.5. The fourth-order valence-electron chi connectivity index (χ4n) is 4.29. The number of benzene rings is 1. The first-order chi connectivity index (χ1) is 13.5. The smallest absolute Gasteiger partial charge is 0.256 e. The van der Waals surface area contributed by atoms with Crippen LogP contribution in [0, 0.1) is 13.8 Å². The average molecular weight is 377 g/mol. The third-order valence-electron chi connectivity index (χ3n) is 5.93. The number of aryl methyl sites for hydroxylation is 1. The number of carbonyl (C=O) groups is 2. The summed E-state index contributed by atoms with van der Waals surface area (Å²) in [6.45, 7) is 5.90. The van der Waals surface area contributed by atoms with E-state index >= 15 is 0 Å². The van der Waals surface area contributed by atoms with E-state index in [1.54, 1.807) is 0 Å². The van der Waals surface area contributed by atoms with E-state index in [2.05, 4.69) is 17.2 Å². The van der Waals surface area contributed by atoms with Crippen LogP contribution in [0.15, 0.2) is 24.3 Å². The van der Waals surface area contributed by atoms with E-state index in [4.69, 9.17) is 0 Å². The van der Waals surface area contributed by atoms with Crippen molar-refractivity contribution in [3.8, 4) is 0 Å². The molecule has 28 heavy (non-hydrogen) atoms. The van der Waals surface area contributed by atoms with Crippen LogP contribution in [0.4, 0.5) is 5.69 Å². The molecule has 3 heterocycles. The number of hydrogen-bond acceptors (Lipinski definition) is 2. The lowest BCUT2D eigenvalue weighted by Gasteiger charge is -2.26. The Hall–Kier alpha value is -2.82. The second-order valence-electron chi connectivity index (χ2n) is 7.77. The van der Waals surface area contributed by atoms with Crippen molar-refractivity contribution in [1.29, 1.82) is 0 Å². The van der Waals surface area contributed by atoms with Crippen LogP contribution in [0.3, 0.4) is 0 Å². The molecule has 0 aliphatic carbocycles. The Morgan fingerprint density at radius 1 is 1.14 bits per heavy atom. The van der Waals surface area contributed by atoms with Crippen molar-refractivity contribution in [2.75, 3.05) is 18.4 Å². The second kappa shape index (κ2) is 7.66. The molecule has 1 aromatic heterocycles. The molecule has 5 heteroatoms. The molecule has 2 aliphatic heterocycles. The van der Waals surface area contributed by atoms with Gasteiger partial charge in [0.25, 0.3) is 5.91 Å². The number of carbonyl (C=O) groups excluding carboxylic acids is 2. The first kappa shape index (κ1) is 18.5. The largest absolute Gasteiger partial charge is 0.359 e. The molecule has 0 unspecified atom stereocenters. The van der Waals surface area contributed by atoms with Gasteiger partial charge in [0.2, 0.25) is 5.91 Å². The first-order valence-corrected chi connectivity index (χ1v) is 10.1. The molecule has 1 fully saturated rings. The Kier molecular flexibility index (Phi) is 5.07. The van der Waals surface area contributed by atoms with Crippen LogP contribution in [-0.4, -0.2) is 34.8 Å². The van der Waals surface area contributed by atoms with Crippen LogP contribution < -0.4 is 5.32 Å². The number of aromatic nitrogens is 1. The van der Waals surface area contributed by atoms with Crippen LogP contribution in [0.1, 0.15) is 53.8 Å². The van der Waals surface area contributed by atoms with E-state index in [9.17, 15) is 9.59 Å². The quantitative estimate of drug-likeness (QED) is 0.789. The average Bonchev–Trinajstić information content (AvgIpc) is 3.16. The molecule has 0 spiro atoms. The van der Waals surface area contributed by atoms with Crippen LogP contribution in [0.25, 0.3) is 11.6 Å². The molecule has 0 atom stereocenters. The summed E-state index contributed by atoms with van der Waals surface area (Å²) in [6, 6.07) is 7.74. The molecule has 1 saturated heterocycles. The summed E-state index contributed by atoms with van der Waals surface area (Å²) in [5, 5.41) is 2.91. The lowest BCUT2D eigenvalue weighted by molar-refractivity contribution is -0.132. The topological polar surface area (TPSA) is 65.2 Å². The van der Waals surface area contributed by atoms with Gasteiger partial charge in [-0.3, -0.25) is 9.59 Å². The summed E-state index contributed by atoms with van der Waals surface area (Å²) < 4.78 is 0. The fraction of sp³-hybridized carbons (Fsp3) is 0.391. The highest BCUT2D eigenvalue weighted by molar-refractivity contribution is 6.34. The molecule has 0 bridgehead atoms. The van der Waals surface area contributed by atoms with Gasteiger partial charge in [-0.15, -0.1) is 0 Å². The Bertz CT molecular complexity index is 949. The highest BCUT2D eigenvalue weighted by Gasteiger charge is 2.24. The predicted octanol–water partition coefficient (Wildman–Crippen LogP) is 4.07. The van der Waals surface area contributed by atoms with E-state index in [-0.39, 0.29) is 11.8 Å². The molecular weight excluding hydrogens is 350 g/mol. The van der Waals surface area contributed by atoms with Gasteiger partial charge < -0.3 is 15.2 Å². The number of hydrogen-bond donors (Lipinski definition) is 2. The highest BCUT2D eigenvalue weighted by Crippen LogP contribution is 2.33. The molecule has 2 aromatic rings. The number of likely N-dealkylation sites (tertiary alicyclic amines) is 1. The first-order valence-electron chi connectivity index (χ1n) is 10.1. The summed E-state index contributed by atoms with van der Waals surface area (Å²) in [7, 11) is 0. The Morgan fingerprint density at radius 3 is 2.68 bits per heavy atom. The van der Waals surface area contributed by atoms with Gasteiger partial charge in [0.1, 0.15) is 0 Å². The Balaban J connectivity index is 1.53. The number of piperidine rings is 1. The highest BCUT2D eigenvalue weighted by atomic mass is 16.2. The van der Waals surface area contributed by atoms with Gasteiger partial charge in [-0.1, -0.05) is 18.2 Å². The molecule has 146 valence electrons. The standard InChI is InChI=1S/C23H27N3O2/c1-15-17(10-11-22(27)26-12-6-3-7-13-26)16(2)24-21(15)14-19-18-8-4-5-9-20(18)25-23(19)28/h4-5,8-9,14,24H,3,6-7,10-13H2,1-2H3,(H,25,28)/b19-14-. The van der Waals surface area contributed by atoms with Gasteiger partial charge >= 0.3 is 0 Å². The lowest BCUT2D eigenvalue weighted by Crippen LogP contribution is -2.35. The number of amides is 2. The van der Waals surface area contributed by atoms with Crippen molar-refractivity contribution in [3.05, 3.63) is 52.3 Å². The zero-order valence-corrected chi connectivity index (χ0v) is 16.6. The minimum atomic E-state index is -0.0744. The molecule has 2 amide bonds. The maximum absolute atomic E-state index is 12.5. The predicted molar refractivity (Wildman–Crippen MR) is 112 cm³/mol. The second-order valence-corrected chi connectivity index (χ2v) is 7.77. The number of aromatic amines is 1. The van der Waals surface area contributed by atoms with Gasteiger partial charge in [-0.05, 0) is 62.8 Å². The third kappa shape index (κ3) is 3.49. The summed E-state index contributed by atoms with van der Waals surface area (Å²) in [5.41, 5.74) is 6.78. The lowest BCUT2D eigenvalue weighted by atomic mass is 10.0. The molecule has 1 aromatic carbocycles. The minimum absolute atomic E-state index is 0.0744. The van der Waals surface area contributed by atoms with Crippen LogP contribution in [-0.2, 0) is 16.0 Å². The monoisotopic (exact) mass is 377 g/mol. The number of nitrogens with zero attached hydrogens (tertiary/aromatic N) is 1. The van der Waals surface area contributed by atoms with Crippen molar-refractivity contribution >= 4 is 29.2 Å². The normalized spacial score (nSPS) is 17.7. The van der Waals surface area contributed by atoms with E-state index in [0.717, 1.165) is 60.6 Å². The van der Waals surface area contributed by atoms with Gasteiger partial charge in [0.05, 0.1) is 5.57 Å². The molecular formula is C23H27N3O2. The van der Waals surface area contributed by atoms with E-state index in [1.807, 2.05) is 42.2 Å². The fourth-order valence-corrected chi connectivity index (χ4v) is 4.29. The number of rotatable bonds is 4. The number of H-pyrrole nitrogens is 1. The summed E-state index contributed by atoms with van der Waals surface area (Å²) in [5.74, 6) is 0.179. The number of anilines is 1. The molecule has 4 rings (SSSR count). The van der Waals surface area contributed by atoms with Crippen LogP contribution >= 0.6 is 0 Å². The zero-order chi connectivity index (χ0) is 19.7. The Labute approximate surface area is 165 Å². The van der Waals surface area contributed by atoms with Crippen molar-refractivity contribution < 1.29 is 9.59 Å². The minimum Gasteiger partial charge on any atom is -0.359 e. The Morgan fingerprint density at radius 2 is 1.89 bits per heavy atom. The van der Waals surface area contributed by atoms with Gasteiger partial charge in [-0.2, -0.15) is 0 Å². The summed E-state index contributed by atoms with van der Waals surface area (Å²) in [6.07, 6.45) is 6.67. The van der Waals surface area contributed by atoms with Crippen LogP contribution in [0.2, 0.25) is 0 Å². The maximum Gasteiger partial charge on any atom is 0.256 e. The zero-order valence-electron chi connectivity index (χ0n) is 16.6. The molecule has 5 nitrogen and oxygen atoms in total. The molecule has 2 N–H and O–H groups in total. The molecule has 0 saturated carbocycles. The van der Waals surface area contributed by atoms with E-state index in [1.165, 1.54) is 12.0 Å². The van der Waals surface area contributed by atoms with Crippen LogP contribution in [0.5, 0.6) is 0 Å². The van der Waals surface area contributed by atoms with Gasteiger partial charge in [-0.25, -0.2) is 0 Å². The van der Waals surface area contributed by atoms with Crippen molar-refractivity contribution in [1.82, 2.24) is 9.88 Å². The SMILES string of the molecule is Cc1[nH]c(/C=C2\C(=O)Nc3ccccc32)c(C)c1CCC(=O)N1CCCCC1. The number of fused-ring (bicyclic) bond motifs is 1. The van der Waals surface area contributed by atoms with E-state index < -0.39 is 0 Å². The van der Waals surface area contributed by atoms with Crippen molar-refractivity contribution in [2.45, 2.75) is 46.0 Å². The summed E-state index contributed by atoms with van der Waals surface area (Å²) in [4.78, 5) is 30.3.